The summed E-state index contributed by atoms with van der Waals surface area (Å²) in [5.41, 5.74) is 0.557. The van der Waals surface area contributed by atoms with Gasteiger partial charge in [-0.2, -0.15) is 0 Å². The maximum absolute atomic E-state index is 11.2. The summed E-state index contributed by atoms with van der Waals surface area (Å²) in [6, 6.07) is 0.357. The first-order chi connectivity index (χ1) is 8.20. The fraction of sp³-hybridized carbons (Fsp3) is 0.923. The minimum absolute atomic E-state index is 0.195. The molecule has 2 saturated heterocycles. The Morgan fingerprint density at radius 2 is 2.00 bits per heavy atom. The molecule has 1 atom stereocenters. The number of piperidine rings is 1. The highest BCUT2D eigenvalue weighted by Crippen LogP contribution is 2.51. The molecule has 0 bridgehead atoms. The Labute approximate surface area is 102 Å². The Balaban J connectivity index is 1.59. The SMILES string of the molecule is O=C(O)[C@H]1CCCN1C1CC2(CCNCC2)C1. The molecule has 0 aromatic heterocycles. The Hall–Kier alpha value is -0.610. The Morgan fingerprint density at radius 3 is 2.65 bits per heavy atom. The number of carbonyl (C=O) groups is 1. The number of carboxylic acids is 1. The molecule has 2 N–H and O–H groups in total. The summed E-state index contributed by atoms with van der Waals surface area (Å²) in [5.74, 6) is -0.617. The van der Waals surface area contributed by atoms with Crippen molar-refractivity contribution in [1.29, 1.82) is 0 Å². The third kappa shape index (κ3) is 1.97. The van der Waals surface area contributed by atoms with Gasteiger partial charge in [0.15, 0.2) is 0 Å². The zero-order chi connectivity index (χ0) is 11.9. The van der Waals surface area contributed by atoms with Crippen LogP contribution in [-0.4, -0.2) is 47.7 Å². The second-order valence-corrected chi connectivity index (χ2v) is 6.05. The van der Waals surface area contributed by atoms with Crippen LogP contribution in [0.3, 0.4) is 0 Å². The van der Waals surface area contributed by atoms with Crippen LogP contribution in [0.25, 0.3) is 0 Å². The number of nitrogens with zero attached hydrogens (tertiary/aromatic N) is 1. The van der Waals surface area contributed by atoms with Gasteiger partial charge >= 0.3 is 5.97 Å². The fourth-order valence-electron chi connectivity index (χ4n) is 4.03. The molecule has 3 aliphatic rings. The molecule has 3 rings (SSSR count). The topological polar surface area (TPSA) is 52.6 Å². The Kier molecular flexibility index (Phi) is 2.87. The molecule has 2 heterocycles. The van der Waals surface area contributed by atoms with E-state index in [1.54, 1.807) is 0 Å². The summed E-state index contributed by atoms with van der Waals surface area (Å²) in [6.45, 7) is 3.29. The summed E-state index contributed by atoms with van der Waals surface area (Å²) in [7, 11) is 0. The number of hydrogen-bond donors (Lipinski definition) is 2. The second kappa shape index (κ2) is 4.25. The minimum Gasteiger partial charge on any atom is -0.480 e. The third-order valence-electron chi connectivity index (χ3n) is 5.05. The molecule has 4 heteroatoms. The largest absolute Gasteiger partial charge is 0.480 e. The van der Waals surface area contributed by atoms with Gasteiger partial charge in [0, 0.05) is 6.04 Å². The van der Waals surface area contributed by atoms with Crippen LogP contribution < -0.4 is 5.32 Å². The van der Waals surface area contributed by atoms with E-state index in [9.17, 15) is 9.90 Å². The number of hydrogen-bond acceptors (Lipinski definition) is 3. The molecule has 3 fully saturated rings. The van der Waals surface area contributed by atoms with Crippen molar-refractivity contribution in [3.8, 4) is 0 Å². The van der Waals surface area contributed by atoms with Gasteiger partial charge < -0.3 is 10.4 Å². The predicted molar refractivity (Wildman–Crippen MR) is 64.9 cm³/mol. The summed E-state index contributed by atoms with van der Waals surface area (Å²) in [4.78, 5) is 13.4. The molecule has 2 aliphatic heterocycles. The molecule has 1 spiro atoms. The number of aliphatic carboxylic acids is 1. The zero-order valence-electron chi connectivity index (χ0n) is 10.3. The van der Waals surface area contributed by atoms with Gasteiger partial charge in [-0.3, -0.25) is 9.69 Å². The molecule has 0 aromatic carbocycles. The molecular formula is C13H22N2O2. The summed E-state index contributed by atoms with van der Waals surface area (Å²) in [5, 5.41) is 12.6. The smallest absolute Gasteiger partial charge is 0.320 e. The first-order valence-corrected chi connectivity index (χ1v) is 6.90. The van der Waals surface area contributed by atoms with Gasteiger partial charge in [-0.15, -0.1) is 0 Å². The maximum atomic E-state index is 11.2. The van der Waals surface area contributed by atoms with Crippen LogP contribution in [0.1, 0.15) is 38.5 Å². The lowest BCUT2D eigenvalue weighted by Gasteiger charge is -2.54. The summed E-state index contributed by atoms with van der Waals surface area (Å²) < 4.78 is 0. The number of nitrogens with one attached hydrogen (secondary N) is 1. The molecule has 96 valence electrons. The van der Waals surface area contributed by atoms with Crippen molar-refractivity contribution in [3.05, 3.63) is 0 Å². The van der Waals surface area contributed by atoms with Crippen LogP contribution in [-0.2, 0) is 4.79 Å². The molecule has 17 heavy (non-hydrogen) atoms. The molecule has 4 nitrogen and oxygen atoms in total. The third-order valence-corrected chi connectivity index (χ3v) is 5.05. The molecule has 0 amide bonds. The lowest BCUT2D eigenvalue weighted by atomic mass is 9.60. The van der Waals surface area contributed by atoms with Gasteiger partial charge in [0.1, 0.15) is 6.04 Å². The van der Waals surface area contributed by atoms with Gasteiger partial charge in [0.2, 0.25) is 0 Å². The van der Waals surface area contributed by atoms with Gasteiger partial charge in [0.25, 0.3) is 0 Å². The lowest BCUT2D eigenvalue weighted by Crippen LogP contribution is -2.56. The van der Waals surface area contributed by atoms with Crippen LogP contribution in [0.2, 0.25) is 0 Å². The molecule has 0 radical (unpaired) electrons. The Bertz CT molecular complexity index is 305. The molecule has 1 aliphatic carbocycles. The van der Waals surface area contributed by atoms with E-state index in [1.807, 2.05) is 0 Å². The minimum atomic E-state index is -0.617. The number of likely N-dealkylation sites (tertiary alicyclic amines) is 1. The fourth-order valence-corrected chi connectivity index (χ4v) is 4.03. The predicted octanol–water partition coefficient (Wildman–Crippen LogP) is 1.07. The molecular weight excluding hydrogens is 216 g/mol. The highest BCUT2D eigenvalue weighted by atomic mass is 16.4. The quantitative estimate of drug-likeness (QED) is 0.755. The van der Waals surface area contributed by atoms with Crippen molar-refractivity contribution in [2.75, 3.05) is 19.6 Å². The van der Waals surface area contributed by atoms with Gasteiger partial charge in [0.05, 0.1) is 0 Å². The van der Waals surface area contributed by atoms with Crippen LogP contribution in [0.4, 0.5) is 0 Å². The van der Waals surface area contributed by atoms with Crippen LogP contribution in [0.15, 0.2) is 0 Å². The highest BCUT2D eigenvalue weighted by Gasteiger charge is 2.49. The van der Waals surface area contributed by atoms with E-state index in [0.717, 1.165) is 32.5 Å². The van der Waals surface area contributed by atoms with Crippen LogP contribution in [0.5, 0.6) is 0 Å². The summed E-state index contributed by atoms with van der Waals surface area (Å²) >= 11 is 0. The lowest BCUT2D eigenvalue weighted by molar-refractivity contribution is -0.145. The van der Waals surface area contributed by atoms with Crippen molar-refractivity contribution in [1.82, 2.24) is 10.2 Å². The van der Waals surface area contributed by atoms with Crippen molar-refractivity contribution in [3.63, 3.8) is 0 Å². The van der Waals surface area contributed by atoms with Gasteiger partial charge in [-0.1, -0.05) is 0 Å². The maximum Gasteiger partial charge on any atom is 0.320 e. The van der Waals surface area contributed by atoms with Gasteiger partial charge in [-0.25, -0.2) is 0 Å². The second-order valence-electron chi connectivity index (χ2n) is 6.05. The van der Waals surface area contributed by atoms with Crippen LogP contribution >= 0.6 is 0 Å². The van der Waals surface area contributed by atoms with Crippen LogP contribution in [0, 0.1) is 5.41 Å². The van der Waals surface area contributed by atoms with E-state index in [-0.39, 0.29) is 6.04 Å². The van der Waals surface area contributed by atoms with Gasteiger partial charge in [-0.05, 0) is 63.6 Å². The standard InChI is InChI=1S/C13H22N2O2/c16-12(17)11-2-1-7-15(11)10-8-13(9-10)3-5-14-6-4-13/h10-11,14H,1-9H2,(H,16,17)/t11-/m1/s1. The molecule has 0 aromatic rings. The average Bonchev–Trinajstić information content (AvgIpc) is 2.75. The zero-order valence-corrected chi connectivity index (χ0v) is 10.3. The number of rotatable bonds is 2. The van der Waals surface area contributed by atoms with E-state index >= 15 is 0 Å². The van der Waals surface area contributed by atoms with Crippen molar-refractivity contribution in [2.24, 2.45) is 5.41 Å². The van der Waals surface area contributed by atoms with Crippen molar-refractivity contribution >= 4 is 5.97 Å². The molecule has 1 saturated carbocycles. The van der Waals surface area contributed by atoms with Crippen molar-refractivity contribution < 1.29 is 9.90 Å². The highest BCUT2D eigenvalue weighted by molar-refractivity contribution is 5.73. The van der Waals surface area contributed by atoms with E-state index in [1.165, 1.54) is 25.7 Å². The molecule has 0 unspecified atom stereocenters. The summed E-state index contributed by atoms with van der Waals surface area (Å²) in [6.07, 6.45) is 6.95. The van der Waals surface area contributed by atoms with E-state index in [0.29, 0.717) is 11.5 Å². The van der Waals surface area contributed by atoms with Crippen molar-refractivity contribution in [2.45, 2.75) is 50.6 Å². The number of carboxylic acid groups (broad SMARTS) is 1. The van der Waals surface area contributed by atoms with E-state index in [4.69, 9.17) is 0 Å². The normalized spacial score (nSPS) is 33.8. The average molecular weight is 238 g/mol. The van der Waals surface area contributed by atoms with E-state index < -0.39 is 5.97 Å². The first-order valence-electron chi connectivity index (χ1n) is 6.90. The monoisotopic (exact) mass is 238 g/mol. The Morgan fingerprint density at radius 1 is 1.29 bits per heavy atom. The van der Waals surface area contributed by atoms with E-state index in [2.05, 4.69) is 10.2 Å². The first kappa shape index (κ1) is 11.5.